The predicted molar refractivity (Wildman–Crippen MR) is 95.8 cm³/mol. The number of nitrogens with one attached hydrogen (secondary N) is 2. The van der Waals surface area contributed by atoms with Gasteiger partial charge in [0.1, 0.15) is 0 Å². The van der Waals surface area contributed by atoms with Crippen LogP contribution in [0.4, 0.5) is 0 Å². The average molecular weight is 324 g/mol. The Labute approximate surface area is 143 Å². The zero-order valence-corrected chi connectivity index (χ0v) is 14.3. The summed E-state index contributed by atoms with van der Waals surface area (Å²) >= 11 is 0. The summed E-state index contributed by atoms with van der Waals surface area (Å²) in [5.41, 5.74) is 4.08. The van der Waals surface area contributed by atoms with Crippen LogP contribution in [0.2, 0.25) is 0 Å². The van der Waals surface area contributed by atoms with E-state index in [-0.39, 0.29) is 11.8 Å². The molecule has 0 saturated heterocycles. The van der Waals surface area contributed by atoms with Crippen molar-refractivity contribution in [1.29, 1.82) is 0 Å². The van der Waals surface area contributed by atoms with Gasteiger partial charge in [0.15, 0.2) is 0 Å². The number of aryl methyl sites for hydroxylation is 2. The lowest BCUT2D eigenvalue weighted by atomic mass is 10.1. The molecule has 2 N–H and O–H groups in total. The number of rotatable bonds is 7. The van der Waals surface area contributed by atoms with Gasteiger partial charge in [0.2, 0.25) is 5.91 Å². The highest BCUT2D eigenvalue weighted by atomic mass is 16.2. The second kappa shape index (κ2) is 8.87. The molecule has 0 aliphatic carbocycles. The molecule has 2 rings (SSSR count). The van der Waals surface area contributed by atoms with E-state index in [9.17, 15) is 9.59 Å². The molecule has 24 heavy (non-hydrogen) atoms. The summed E-state index contributed by atoms with van der Waals surface area (Å²) in [4.78, 5) is 23.4. The van der Waals surface area contributed by atoms with E-state index in [0.717, 1.165) is 18.4 Å². The van der Waals surface area contributed by atoms with Crippen molar-refractivity contribution in [2.24, 2.45) is 0 Å². The Morgan fingerprint density at radius 2 is 1.46 bits per heavy atom. The Kier molecular flexibility index (Phi) is 6.55. The fraction of sp³-hybridized carbons (Fsp3) is 0.300. The molecule has 0 radical (unpaired) electrons. The highest BCUT2D eigenvalue weighted by molar-refractivity contribution is 5.93. The molecular formula is C20H24N2O2. The first-order valence-electron chi connectivity index (χ1n) is 8.28. The first-order valence-corrected chi connectivity index (χ1v) is 8.28. The quantitative estimate of drug-likeness (QED) is 0.823. The molecule has 0 bridgehead atoms. The number of benzene rings is 2. The van der Waals surface area contributed by atoms with Crippen LogP contribution in [0.15, 0.2) is 48.5 Å². The monoisotopic (exact) mass is 324 g/mol. The Hall–Kier alpha value is -2.62. The van der Waals surface area contributed by atoms with E-state index < -0.39 is 0 Å². The summed E-state index contributed by atoms with van der Waals surface area (Å²) in [6.45, 7) is 2.60. The van der Waals surface area contributed by atoms with E-state index >= 15 is 0 Å². The van der Waals surface area contributed by atoms with E-state index in [1.807, 2.05) is 12.1 Å². The van der Waals surface area contributed by atoms with Crippen molar-refractivity contribution < 1.29 is 9.59 Å². The third-order valence-electron chi connectivity index (χ3n) is 4.00. The lowest BCUT2D eigenvalue weighted by molar-refractivity contribution is -0.121. The van der Waals surface area contributed by atoms with Gasteiger partial charge in [-0.1, -0.05) is 43.3 Å². The third kappa shape index (κ3) is 5.23. The molecule has 4 heteroatoms. The van der Waals surface area contributed by atoms with Crippen LogP contribution in [0.25, 0.3) is 0 Å². The Morgan fingerprint density at radius 3 is 2.04 bits per heavy atom. The first kappa shape index (κ1) is 17.7. The van der Waals surface area contributed by atoms with Crippen molar-refractivity contribution in [3.8, 4) is 0 Å². The van der Waals surface area contributed by atoms with Gasteiger partial charge in [0.25, 0.3) is 5.91 Å². The molecule has 126 valence electrons. The van der Waals surface area contributed by atoms with Crippen molar-refractivity contribution in [2.45, 2.75) is 32.7 Å². The van der Waals surface area contributed by atoms with Gasteiger partial charge in [-0.2, -0.15) is 0 Å². The Bertz CT molecular complexity index is 676. The van der Waals surface area contributed by atoms with Crippen LogP contribution >= 0.6 is 0 Å². The van der Waals surface area contributed by atoms with E-state index in [2.05, 4.69) is 41.8 Å². The maximum atomic E-state index is 12.0. The van der Waals surface area contributed by atoms with Crippen molar-refractivity contribution in [3.63, 3.8) is 0 Å². The number of hydrogen-bond donors (Lipinski definition) is 2. The number of carbonyl (C=O) groups is 2. The maximum Gasteiger partial charge on any atom is 0.251 e. The van der Waals surface area contributed by atoms with E-state index in [1.54, 1.807) is 19.2 Å². The van der Waals surface area contributed by atoms with Gasteiger partial charge in [-0.15, -0.1) is 0 Å². The van der Waals surface area contributed by atoms with Crippen LogP contribution in [0.3, 0.4) is 0 Å². The van der Waals surface area contributed by atoms with E-state index in [0.29, 0.717) is 18.5 Å². The second-order valence-corrected chi connectivity index (χ2v) is 5.72. The van der Waals surface area contributed by atoms with Crippen molar-refractivity contribution in [2.75, 3.05) is 7.05 Å². The van der Waals surface area contributed by atoms with Gasteiger partial charge < -0.3 is 10.6 Å². The number of hydrogen-bond acceptors (Lipinski definition) is 2. The van der Waals surface area contributed by atoms with Gasteiger partial charge in [0.05, 0.1) is 0 Å². The molecule has 2 aromatic carbocycles. The normalized spacial score (nSPS) is 10.2. The number of carbonyl (C=O) groups excluding carboxylic acids is 2. The largest absolute Gasteiger partial charge is 0.355 e. The van der Waals surface area contributed by atoms with Crippen LogP contribution in [0.5, 0.6) is 0 Å². The summed E-state index contributed by atoms with van der Waals surface area (Å²) < 4.78 is 0. The van der Waals surface area contributed by atoms with E-state index in [1.165, 1.54) is 11.1 Å². The summed E-state index contributed by atoms with van der Waals surface area (Å²) in [6.07, 6.45) is 2.24. The summed E-state index contributed by atoms with van der Waals surface area (Å²) in [6, 6.07) is 15.6. The highest BCUT2D eigenvalue weighted by Crippen LogP contribution is 2.08. The third-order valence-corrected chi connectivity index (χ3v) is 4.00. The molecule has 0 fully saturated rings. The summed E-state index contributed by atoms with van der Waals surface area (Å²) in [5, 5.41) is 5.50. The van der Waals surface area contributed by atoms with E-state index in [4.69, 9.17) is 0 Å². The fourth-order valence-electron chi connectivity index (χ4n) is 2.41. The lowest BCUT2D eigenvalue weighted by Gasteiger charge is -2.07. The van der Waals surface area contributed by atoms with Crippen LogP contribution in [-0.4, -0.2) is 18.9 Å². The molecule has 0 saturated carbocycles. The fourth-order valence-corrected chi connectivity index (χ4v) is 2.41. The Morgan fingerprint density at radius 1 is 0.875 bits per heavy atom. The molecule has 2 amide bonds. The smallest absolute Gasteiger partial charge is 0.251 e. The van der Waals surface area contributed by atoms with Gasteiger partial charge in [-0.3, -0.25) is 9.59 Å². The highest BCUT2D eigenvalue weighted by Gasteiger charge is 2.05. The van der Waals surface area contributed by atoms with Crippen molar-refractivity contribution in [3.05, 3.63) is 70.8 Å². The van der Waals surface area contributed by atoms with Gasteiger partial charge in [-0.05, 0) is 41.7 Å². The summed E-state index contributed by atoms with van der Waals surface area (Å²) in [5.74, 6) is -0.0791. The molecule has 0 aliphatic rings. The molecule has 0 heterocycles. The molecule has 0 spiro atoms. The van der Waals surface area contributed by atoms with Crippen LogP contribution < -0.4 is 10.6 Å². The molecule has 0 aliphatic heterocycles. The minimum Gasteiger partial charge on any atom is -0.355 e. The van der Waals surface area contributed by atoms with Crippen LogP contribution in [-0.2, 0) is 24.2 Å². The van der Waals surface area contributed by atoms with Crippen LogP contribution in [0, 0.1) is 0 Å². The zero-order valence-electron chi connectivity index (χ0n) is 14.3. The minimum atomic E-state index is -0.111. The van der Waals surface area contributed by atoms with Crippen LogP contribution in [0.1, 0.15) is 40.4 Å². The molecule has 0 atom stereocenters. The molecule has 0 aromatic heterocycles. The summed E-state index contributed by atoms with van der Waals surface area (Å²) in [7, 11) is 1.60. The van der Waals surface area contributed by atoms with Gasteiger partial charge >= 0.3 is 0 Å². The SMILES string of the molecule is CCc1ccc(CCC(=O)NCc2ccc(C(=O)NC)cc2)cc1. The molecule has 2 aromatic rings. The minimum absolute atomic E-state index is 0.0324. The average Bonchev–Trinajstić information content (AvgIpc) is 2.64. The standard InChI is InChI=1S/C20H24N2O2/c1-3-15-4-6-16(7-5-15)10-13-19(23)22-14-17-8-11-18(12-9-17)20(24)21-2/h4-9,11-12H,3,10,13-14H2,1-2H3,(H,21,24)(H,22,23). The van der Waals surface area contributed by atoms with Gasteiger partial charge in [-0.25, -0.2) is 0 Å². The first-order chi connectivity index (χ1) is 11.6. The molecular weight excluding hydrogens is 300 g/mol. The molecule has 0 unspecified atom stereocenters. The Balaban J connectivity index is 1.77. The molecule has 4 nitrogen and oxygen atoms in total. The second-order valence-electron chi connectivity index (χ2n) is 5.72. The van der Waals surface area contributed by atoms with Crippen molar-refractivity contribution in [1.82, 2.24) is 10.6 Å². The topological polar surface area (TPSA) is 58.2 Å². The lowest BCUT2D eigenvalue weighted by Crippen LogP contribution is -2.23. The van der Waals surface area contributed by atoms with Crippen molar-refractivity contribution >= 4 is 11.8 Å². The number of amides is 2. The predicted octanol–water partition coefficient (Wildman–Crippen LogP) is 2.86. The van der Waals surface area contributed by atoms with Gasteiger partial charge in [0, 0.05) is 25.6 Å². The maximum absolute atomic E-state index is 12.0. The zero-order chi connectivity index (χ0) is 17.4.